The van der Waals surface area contributed by atoms with Crippen molar-refractivity contribution in [2.45, 2.75) is 6.10 Å². The van der Waals surface area contributed by atoms with Gasteiger partial charge in [-0.05, 0) is 24.3 Å². The van der Waals surface area contributed by atoms with Crippen molar-refractivity contribution in [1.82, 2.24) is 14.5 Å². The molecule has 148 valence electrons. The maximum atomic E-state index is 12.9. The summed E-state index contributed by atoms with van der Waals surface area (Å²) in [6.07, 6.45) is 2.71. The quantitative estimate of drug-likeness (QED) is 0.564. The van der Waals surface area contributed by atoms with E-state index in [9.17, 15) is 9.59 Å². The highest BCUT2D eigenvalue weighted by Crippen LogP contribution is 2.21. The van der Waals surface area contributed by atoms with Gasteiger partial charge >= 0.3 is 0 Å². The van der Waals surface area contributed by atoms with E-state index in [1.165, 1.54) is 10.6 Å². The fourth-order valence-electron chi connectivity index (χ4n) is 3.27. The first kappa shape index (κ1) is 19.5. The normalized spacial score (nSPS) is 16.6. The van der Waals surface area contributed by atoms with Crippen LogP contribution in [-0.4, -0.2) is 46.1 Å². The number of rotatable bonds is 4. The summed E-state index contributed by atoms with van der Waals surface area (Å²) in [7, 11) is 1.68. The summed E-state index contributed by atoms with van der Waals surface area (Å²) < 4.78 is 8.14. The number of nitrogens with zero attached hydrogens (tertiary/aromatic N) is 4. The molecule has 1 saturated heterocycles. The zero-order chi connectivity index (χ0) is 20.4. The highest BCUT2D eigenvalue weighted by molar-refractivity contribution is 9.10. The number of ether oxygens (including phenoxy) is 1. The van der Waals surface area contributed by atoms with E-state index in [4.69, 9.17) is 9.72 Å². The average Bonchev–Trinajstić information content (AvgIpc) is 2.76. The van der Waals surface area contributed by atoms with Crippen molar-refractivity contribution >= 4 is 27.7 Å². The minimum atomic E-state index is -0.619. The first-order valence-corrected chi connectivity index (χ1v) is 9.97. The Morgan fingerprint density at radius 2 is 1.90 bits per heavy atom. The first-order valence-electron chi connectivity index (χ1n) is 9.18. The van der Waals surface area contributed by atoms with Gasteiger partial charge in [-0.15, -0.1) is 0 Å². The molecule has 0 bridgehead atoms. The molecule has 1 fully saturated rings. The van der Waals surface area contributed by atoms with Gasteiger partial charge in [-0.25, -0.2) is 4.98 Å². The lowest BCUT2D eigenvalue weighted by atomic mass is 10.1. The van der Waals surface area contributed by atoms with Crippen molar-refractivity contribution in [3.63, 3.8) is 0 Å². The molecule has 1 aliphatic rings. The van der Waals surface area contributed by atoms with Crippen LogP contribution in [0.3, 0.4) is 0 Å². The molecule has 0 radical (unpaired) electrons. The summed E-state index contributed by atoms with van der Waals surface area (Å²) in [5, 5.41) is 0. The van der Waals surface area contributed by atoms with Gasteiger partial charge in [0.05, 0.1) is 18.8 Å². The maximum absolute atomic E-state index is 12.9. The van der Waals surface area contributed by atoms with Gasteiger partial charge in [-0.1, -0.05) is 28.1 Å². The molecule has 1 unspecified atom stereocenters. The number of morpholine rings is 1. The zero-order valence-electron chi connectivity index (χ0n) is 15.8. The van der Waals surface area contributed by atoms with Crippen LogP contribution in [0.1, 0.15) is 10.4 Å². The van der Waals surface area contributed by atoms with E-state index in [1.807, 2.05) is 29.2 Å². The van der Waals surface area contributed by atoms with Crippen molar-refractivity contribution in [3.8, 4) is 11.3 Å². The fourth-order valence-corrected chi connectivity index (χ4v) is 3.53. The summed E-state index contributed by atoms with van der Waals surface area (Å²) in [5.41, 5.74) is 1.82. The van der Waals surface area contributed by atoms with E-state index in [2.05, 4.69) is 20.9 Å². The van der Waals surface area contributed by atoms with E-state index >= 15 is 0 Å². The van der Waals surface area contributed by atoms with Crippen LogP contribution in [0.2, 0.25) is 0 Å². The lowest BCUT2D eigenvalue weighted by Crippen LogP contribution is -2.48. The molecule has 0 amide bonds. The smallest absolute Gasteiger partial charge is 0.255 e. The molecule has 8 heteroatoms. The maximum Gasteiger partial charge on any atom is 0.255 e. The van der Waals surface area contributed by atoms with Crippen molar-refractivity contribution in [1.29, 1.82) is 0 Å². The van der Waals surface area contributed by atoms with E-state index in [0.29, 0.717) is 36.9 Å². The first-order chi connectivity index (χ1) is 14.0. The van der Waals surface area contributed by atoms with E-state index in [0.717, 1.165) is 10.0 Å². The van der Waals surface area contributed by atoms with Gasteiger partial charge in [0.2, 0.25) is 5.95 Å². The number of aromatic nitrogens is 3. The number of Topliss-reactive ketones (excluding diaryl/α,β-unsaturated/α-hetero) is 1. The van der Waals surface area contributed by atoms with Gasteiger partial charge in [-0.3, -0.25) is 19.1 Å². The topological polar surface area (TPSA) is 77.3 Å². The summed E-state index contributed by atoms with van der Waals surface area (Å²) in [4.78, 5) is 36.0. The van der Waals surface area contributed by atoms with Gasteiger partial charge in [0, 0.05) is 47.7 Å². The Kier molecular flexibility index (Phi) is 5.55. The third kappa shape index (κ3) is 4.13. The molecule has 1 atom stereocenters. The number of carbonyl (C=O) groups is 1. The lowest BCUT2D eigenvalue weighted by molar-refractivity contribution is 0.0337. The Morgan fingerprint density at radius 1 is 1.17 bits per heavy atom. The number of benzene rings is 1. The number of pyridine rings is 1. The molecule has 0 spiro atoms. The molecule has 0 saturated carbocycles. The van der Waals surface area contributed by atoms with Crippen molar-refractivity contribution in [2.24, 2.45) is 7.05 Å². The summed E-state index contributed by atoms with van der Waals surface area (Å²) >= 11 is 3.38. The number of carbonyl (C=O) groups excluding carboxylic acids is 1. The molecule has 0 aliphatic carbocycles. The Labute approximate surface area is 176 Å². The fraction of sp³-hybridized carbons (Fsp3) is 0.238. The van der Waals surface area contributed by atoms with Gasteiger partial charge in [0.25, 0.3) is 5.56 Å². The van der Waals surface area contributed by atoms with E-state index < -0.39 is 6.10 Å². The third-order valence-corrected chi connectivity index (χ3v) is 5.39. The highest BCUT2D eigenvalue weighted by atomic mass is 79.9. The van der Waals surface area contributed by atoms with Gasteiger partial charge < -0.3 is 9.64 Å². The number of hydrogen-bond acceptors (Lipinski definition) is 6. The molecule has 0 N–H and O–H groups in total. The van der Waals surface area contributed by atoms with Gasteiger partial charge in [0.1, 0.15) is 6.10 Å². The minimum absolute atomic E-state index is 0.0857. The predicted octanol–water partition coefficient (Wildman–Crippen LogP) is 2.69. The number of hydrogen-bond donors (Lipinski definition) is 0. The Bertz CT molecular complexity index is 1080. The summed E-state index contributed by atoms with van der Waals surface area (Å²) in [5.74, 6) is 0.429. The minimum Gasteiger partial charge on any atom is -0.366 e. The average molecular weight is 455 g/mol. The Balaban J connectivity index is 1.63. The third-order valence-electron chi connectivity index (χ3n) is 4.86. The molecular weight excluding hydrogens is 436 g/mol. The summed E-state index contributed by atoms with van der Waals surface area (Å²) in [6, 6.07) is 12.3. The molecule has 3 aromatic rings. The predicted molar refractivity (Wildman–Crippen MR) is 113 cm³/mol. The van der Waals surface area contributed by atoms with Gasteiger partial charge in [-0.2, -0.15) is 0 Å². The summed E-state index contributed by atoms with van der Waals surface area (Å²) in [6.45, 7) is 1.25. The van der Waals surface area contributed by atoms with Gasteiger partial charge in [0.15, 0.2) is 5.78 Å². The highest BCUT2D eigenvalue weighted by Gasteiger charge is 2.29. The monoisotopic (exact) mass is 454 g/mol. The van der Waals surface area contributed by atoms with Crippen molar-refractivity contribution in [3.05, 3.63) is 75.2 Å². The molecule has 2 aromatic heterocycles. The number of ketones is 1. The zero-order valence-corrected chi connectivity index (χ0v) is 17.4. The van der Waals surface area contributed by atoms with Crippen LogP contribution >= 0.6 is 15.9 Å². The second-order valence-electron chi connectivity index (χ2n) is 6.75. The van der Waals surface area contributed by atoms with E-state index in [1.54, 1.807) is 31.6 Å². The molecule has 1 aromatic carbocycles. The second kappa shape index (κ2) is 8.26. The molecule has 29 heavy (non-hydrogen) atoms. The SMILES string of the molecule is Cn1c(N2CCOC(C(=O)c3ccc(Br)cc3)C2)nc(-c2ccncc2)cc1=O. The van der Waals surface area contributed by atoms with Crippen LogP contribution in [0, 0.1) is 0 Å². The Hall–Kier alpha value is -2.84. The second-order valence-corrected chi connectivity index (χ2v) is 7.67. The Morgan fingerprint density at radius 3 is 2.62 bits per heavy atom. The van der Waals surface area contributed by atoms with Crippen LogP contribution < -0.4 is 10.5 Å². The van der Waals surface area contributed by atoms with E-state index in [-0.39, 0.29) is 11.3 Å². The van der Waals surface area contributed by atoms with Crippen LogP contribution in [0.5, 0.6) is 0 Å². The van der Waals surface area contributed by atoms with Crippen molar-refractivity contribution < 1.29 is 9.53 Å². The standard InChI is InChI=1S/C21H19BrN4O3/c1-25-19(27)12-17(14-6-8-23-9-7-14)24-21(25)26-10-11-29-18(13-26)20(28)15-2-4-16(22)5-3-15/h2-9,12,18H,10-11,13H2,1H3. The number of anilines is 1. The lowest BCUT2D eigenvalue weighted by Gasteiger charge is -2.33. The van der Waals surface area contributed by atoms with Crippen LogP contribution in [0.15, 0.2) is 64.1 Å². The molecule has 3 heterocycles. The largest absolute Gasteiger partial charge is 0.366 e. The molecular formula is C21H19BrN4O3. The van der Waals surface area contributed by atoms with Crippen LogP contribution in [0.25, 0.3) is 11.3 Å². The molecule has 7 nitrogen and oxygen atoms in total. The van der Waals surface area contributed by atoms with Crippen molar-refractivity contribution in [2.75, 3.05) is 24.6 Å². The molecule has 4 rings (SSSR count). The van der Waals surface area contributed by atoms with Crippen LogP contribution in [0.4, 0.5) is 5.95 Å². The van der Waals surface area contributed by atoms with Crippen LogP contribution in [-0.2, 0) is 11.8 Å². The number of halogens is 1. The molecule has 1 aliphatic heterocycles.